The Kier molecular flexibility index (Phi) is 9.50. The van der Waals surface area contributed by atoms with Crippen molar-refractivity contribution in [3.63, 3.8) is 0 Å². The molecule has 12 nitrogen and oxygen atoms in total. The summed E-state index contributed by atoms with van der Waals surface area (Å²) >= 11 is 5.22. The van der Waals surface area contributed by atoms with Crippen molar-refractivity contribution in [2.45, 2.75) is 37.8 Å². The smallest absolute Gasteiger partial charge is 0.332 e. The van der Waals surface area contributed by atoms with Crippen molar-refractivity contribution in [1.29, 1.82) is 5.41 Å². The molecule has 2 aromatic carbocycles. The molecule has 4 atom stereocenters. The normalized spacial score (nSPS) is 14.3. The third-order valence-corrected chi connectivity index (χ3v) is 5.84. The maximum Gasteiger partial charge on any atom is 0.332 e. The molecule has 0 spiro atoms. The summed E-state index contributed by atoms with van der Waals surface area (Å²) in [4.78, 5) is 26.3. The summed E-state index contributed by atoms with van der Waals surface area (Å²) in [6.45, 7) is 0.256. The Balaban J connectivity index is 1.93. The highest BCUT2D eigenvalue weighted by Gasteiger charge is 2.34. The van der Waals surface area contributed by atoms with E-state index in [9.17, 15) is 30.0 Å². The lowest BCUT2D eigenvalue weighted by Gasteiger charge is -2.28. The van der Waals surface area contributed by atoms with Crippen LogP contribution in [0.2, 0.25) is 0 Å². The lowest BCUT2D eigenvalue weighted by atomic mass is 9.98. The molecule has 0 saturated carbocycles. The van der Waals surface area contributed by atoms with Crippen LogP contribution >= 0.6 is 12.2 Å². The van der Waals surface area contributed by atoms with E-state index < -0.39 is 60.6 Å². The Morgan fingerprint density at radius 1 is 1.11 bits per heavy atom. The van der Waals surface area contributed by atoms with Gasteiger partial charge in [0.2, 0.25) is 5.88 Å². The van der Waals surface area contributed by atoms with E-state index in [1.54, 1.807) is 36.4 Å². The van der Waals surface area contributed by atoms with E-state index in [-0.39, 0.29) is 10.3 Å². The third kappa shape index (κ3) is 6.70. The molecule has 13 heteroatoms. The van der Waals surface area contributed by atoms with Gasteiger partial charge >= 0.3 is 5.97 Å². The van der Waals surface area contributed by atoms with Gasteiger partial charge in [-0.3, -0.25) is 14.3 Å². The number of carboxylic acids is 1. The first-order chi connectivity index (χ1) is 18.0. The van der Waals surface area contributed by atoms with Gasteiger partial charge in [0.05, 0.1) is 17.9 Å². The minimum Gasteiger partial charge on any atom is -0.494 e. The van der Waals surface area contributed by atoms with Gasteiger partial charge in [0.1, 0.15) is 29.8 Å². The summed E-state index contributed by atoms with van der Waals surface area (Å²) in [5.74, 6) is -0.877. The van der Waals surface area contributed by atoms with Crippen LogP contribution in [0.1, 0.15) is 12.5 Å². The number of rotatable bonds is 12. The van der Waals surface area contributed by atoms with Crippen LogP contribution in [-0.2, 0) is 16.0 Å². The lowest BCUT2D eigenvalue weighted by Crippen LogP contribution is -2.48. The van der Waals surface area contributed by atoms with Crippen molar-refractivity contribution in [2.24, 2.45) is 0 Å². The Bertz CT molecular complexity index is 1390. The van der Waals surface area contributed by atoms with Crippen molar-refractivity contribution in [1.82, 2.24) is 9.55 Å². The number of hydrogen-bond donors (Lipinski definition) is 7. The second-order valence-corrected chi connectivity index (χ2v) is 8.67. The standard InChI is InChI=1S/C25H27N3O9S/c1-13(24(34)35)36-21(20(31)19(30)12-29)18(26)11-17-22(32)27-25(38)28(23(17)33)14-7-9-16(10-8-14)37-15-5-3-2-4-6-15/h2-10,13,19-21,26,29-31,33H,11-12H2,1H3,(H,34,35)(H,27,32,38)/t13?,19-,20-,21-/m1/s1. The van der Waals surface area contributed by atoms with E-state index in [1.165, 1.54) is 0 Å². The highest BCUT2D eigenvalue weighted by Crippen LogP contribution is 2.26. The van der Waals surface area contributed by atoms with Crippen molar-refractivity contribution in [2.75, 3.05) is 6.61 Å². The lowest BCUT2D eigenvalue weighted by molar-refractivity contribution is -0.157. The monoisotopic (exact) mass is 545 g/mol. The van der Waals surface area contributed by atoms with Gasteiger partial charge < -0.3 is 40.4 Å². The zero-order valence-corrected chi connectivity index (χ0v) is 21.0. The second kappa shape index (κ2) is 12.6. The summed E-state index contributed by atoms with van der Waals surface area (Å²) in [6, 6.07) is 15.5. The summed E-state index contributed by atoms with van der Waals surface area (Å²) in [5.41, 5.74) is -1.32. The molecule has 3 aromatic rings. The number of aliphatic hydroxyl groups excluding tert-OH is 3. The van der Waals surface area contributed by atoms with Crippen molar-refractivity contribution >= 4 is 23.9 Å². The highest BCUT2D eigenvalue weighted by atomic mass is 32.1. The van der Waals surface area contributed by atoms with Crippen LogP contribution in [0.15, 0.2) is 59.4 Å². The first-order valence-electron chi connectivity index (χ1n) is 11.4. The van der Waals surface area contributed by atoms with Crippen LogP contribution in [0.25, 0.3) is 5.69 Å². The second-order valence-electron chi connectivity index (χ2n) is 8.29. The minimum atomic E-state index is -1.89. The molecule has 0 radical (unpaired) electrons. The van der Waals surface area contributed by atoms with Crippen molar-refractivity contribution in [3.8, 4) is 23.1 Å². The predicted octanol–water partition coefficient (Wildman–Crippen LogP) is 1.53. The number of para-hydroxylation sites is 1. The Morgan fingerprint density at radius 2 is 1.71 bits per heavy atom. The van der Waals surface area contributed by atoms with Crippen LogP contribution in [-0.4, -0.2) is 77.8 Å². The quantitative estimate of drug-likeness (QED) is 0.129. The fourth-order valence-electron chi connectivity index (χ4n) is 3.50. The van der Waals surface area contributed by atoms with Gasteiger partial charge in [-0.05, 0) is 55.5 Å². The zero-order chi connectivity index (χ0) is 28.0. The van der Waals surface area contributed by atoms with Gasteiger partial charge in [0.25, 0.3) is 5.56 Å². The van der Waals surface area contributed by atoms with E-state index in [0.29, 0.717) is 17.2 Å². The molecule has 1 aromatic heterocycles. The number of hydrogen-bond acceptors (Lipinski definition) is 10. The number of aromatic amines is 1. The fourth-order valence-corrected chi connectivity index (χ4v) is 3.78. The fraction of sp³-hybridized carbons (Fsp3) is 0.280. The molecular formula is C25H27N3O9S. The number of carbonyl (C=O) groups is 1. The number of carboxylic acid groups (broad SMARTS) is 1. The van der Waals surface area contributed by atoms with Gasteiger partial charge in [-0.15, -0.1) is 0 Å². The molecule has 0 amide bonds. The van der Waals surface area contributed by atoms with E-state index in [1.807, 2.05) is 18.2 Å². The average Bonchev–Trinajstić information content (AvgIpc) is 2.89. The van der Waals surface area contributed by atoms with Crippen LogP contribution in [0.3, 0.4) is 0 Å². The maximum atomic E-state index is 12.7. The molecule has 0 fully saturated rings. The zero-order valence-electron chi connectivity index (χ0n) is 20.1. The Morgan fingerprint density at radius 3 is 2.29 bits per heavy atom. The molecule has 0 aliphatic carbocycles. The molecule has 202 valence electrons. The largest absolute Gasteiger partial charge is 0.494 e. The van der Waals surface area contributed by atoms with Crippen LogP contribution in [0.5, 0.6) is 17.4 Å². The van der Waals surface area contributed by atoms with Crippen LogP contribution in [0.4, 0.5) is 0 Å². The molecule has 1 heterocycles. The summed E-state index contributed by atoms with van der Waals surface area (Å²) in [7, 11) is 0. The topological polar surface area (TPSA) is 198 Å². The Hall–Kier alpha value is -3.88. The van der Waals surface area contributed by atoms with Gasteiger partial charge in [0, 0.05) is 12.1 Å². The van der Waals surface area contributed by atoms with Gasteiger partial charge in [-0.1, -0.05) is 18.2 Å². The van der Waals surface area contributed by atoms with Gasteiger partial charge in [0.15, 0.2) is 10.9 Å². The number of aromatic hydroxyl groups is 1. The molecule has 0 aliphatic rings. The first-order valence-corrected chi connectivity index (χ1v) is 11.8. The predicted molar refractivity (Wildman–Crippen MR) is 138 cm³/mol. The molecule has 7 N–H and O–H groups in total. The maximum absolute atomic E-state index is 12.7. The highest BCUT2D eigenvalue weighted by molar-refractivity contribution is 7.71. The molecular weight excluding hydrogens is 518 g/mol. The number of nitrogens with one attached hydrogen (secondary N) is 2. The number of aliphatic carboxylic acids is 1. The van der Waals surface area contributed by atoms with Gasteiger partial charge in [-0.25, -0.2) is 4.79 Å². The SMILES string of the molecule is CC(O[C@H](C(=N)Cc1c(O)n(-c2ccc(Oc3ccccc3)cc2)c(=S)[nH]c1=O)[C@H](O)[C@H](O)CO)C(=O)O. The number of H-pyrrole nitrogens is 1. The summed E-state index contributed by atoms with van der Waals surface area (Å²) in [6.07, 6.45) is -7.46. The Labute approximate surface area is 221 Å². The molecule has 1 unspecified atom stereocenters. The molecule has 0 aliphatic heterocycles. The average molecular weight is 546 g/mol. The van der Waals surface area contributed by atoms with Crippen molar-refractivity contribution < 1.29 is 39.8 Å². The van der Waals surface area contributed by atoms with Crippen LogP contribution in [0, 0.1) is 10.2 Å². The summed E-state index contributed by atoms with van der Waals surface area (Å²) in [5, 5.41) is 57.9. The number of benzene rings is 2. The molecule has 0 saturated heterocycles. The number of nitrogens with zero attached hydrogens (tertiary/aromatic N) is 1. The molecule has 0 bridgehead atoms. The van der Waals surface area contributed by atoms with E-state index in [0.717, 1.165) is 11.5 Å². The van der Waals surface area contributed by atoms with E-state index >= 15 is 0 Å². The van der Waals surface area contributed by atoms with Crippen LogP contribution < -0.4 is 10.3 Å². The summed E-state index contributed by atoms with van der Waals surface area (Å²) < 4.78 is 12.0. The van der Waals surface area contributed by atoms with Crippen molar-refractivity contribution in [3.05, 3.63) is 75.3 Å². The molecule has 3 rings (SSSR count). The minimum absolute atomic E-state index is 0.137. The number of ether oxygens (including phenoxy) is 2. The van der Waals surface area contributed by atoms with E-state index in [2.05, 4.69) is 4.98 Å². The number of aliphatic hydroxyl groups is 3. The third-order valence-electron chi connectivity index (χ3n) is 5.55. The first kappa shape index (κ1) is 28.7. The van der Waals surface area contributed by atoms with E-state index in [4.69, 9.17) is 32.2 Å². The molecule has 38 heavy (non-hydrogen) atoms. The van der Waals surface area contributed by atoms with Gasteiger partial charge in [-0.2, -0.15) is 0 Å². The number of aromatic nitrogens is 2.